The normalized spacial score (nSPS) is 14.5. The largest absolute Gasteiger partial charge is 0.342 e. The fourth-order valence-electron chi connectivity index (χ4n) is 4.74. The van der Waals surface area contributed by atoms with Gasteiger partial charge in [-0.25, -0.2) is 4.39 Å². The Labute approximate surface area is 192 Å². The fourth-order valence-corrected chi connectivity index (χ4v) is 4.74. The van der Waals surface area contributed by atoms with E-state index in [4.69, 9.17) is 0 Å². The number of benzene rings is 3. The maximum absolute atomic E-state index is 13.3. The molecule has 5 rings (SSSR count). The number of Topliss-reactive ketones (excluding diaryl/α,β-unsaturated/α-hetero) is 1. The number of hydrogen-bond acceptors (Lipinski definition) is 2. The van der Waals surface area contributed by atoms with Crippen LogP contribution in [0.2, 0.25) is 0 Å². The first-order valence-electron chi connectivity index (χ1n) is 11.3. The third-order valence-corrected chi connectivity index (χ3v) is 6.55. The molecule has 0 saturated carbocycles. The van der Waals surface area contributed by atoms with Crippen LogP contribution in [-0.4, -0.2) is 34.2 Å². The van der Waals surface area contributed by atoms with Crippen molar-refractivity contribution < 1.29 is 14.0 Å². The average Bonchev–Trinajstić information content (AvgIpc) is 3.23. The number of halogens is 1. The summed E-state index contributed by atoms with van der Waals surface area (Å²) in [5, 5.41) is 0.761. The van der Waals surface area contributed by atoms with E-state index in [0.717, 1.165) is 29.3 Å². The molecule has 33 heavy (non-hydrogen) atoms. The second-order valence-electron chi connectivity index (χ2n) is 8.62. The van der Waals surface area contributed by atoms with Crippen molar-refractivity contribution in [3.05, 3.63) is 108 Å². The average molecular weight is 441 g/mol. The van der Waals surface area contributed by atoms with E-state index in [1.807, 2.05) is 47.0 Å². The monoisotopic (exact) mass is 440 g/mol. The minimum atomic E-state index is -0.470. The topological polar surface area (TPSA) is 42.3 Å². The second-order valence-corrected chi connectivity index (χ2v) is 8.62. The Bertz CT molecular complexity index is 1290. The first-order valence-corrected chi connectivity index (χ1v) is 11.3. The van der Waals surface area contributed by atoms with E-state index in [0.29, 0.717) is 31.1 Å². The summed E-state index contributed by atoms with van der Waals surface area (Å²) in [6.07, 6.45) is 3.47. The number of ketones is 1. The molecule has 4 nitrogen and oxygen atoms in total. The summed E-state index contributed by atoms with van der Waals surface area (Å²) in [6, 6.07) is 24.2. The second kappa shape index (κ2) is 9.02. The molecule has 1 amide bonds. The van der Waals surface area contributed by atoms with Crippen LogP contribution in [0.5, 0.6) is 0 Å². The number of amides is 1. The molecule has 0 radical (unpaired) electrons. The Morgan fingerprint density at radius 3 is 2.24 bits per heavy atom. The number of fused-ring (bicyclic) bond motifs is 1. The van der Waals surface area contributed by atoms with Gasteiger partial charge in [0.25, 0.3) is 11.7 Å². The van der Waals surface area contributed by atoms with Gasteiger partial charge in [-0.3, -0.25) is 9.59 Å². The summed E-state index contributed by atoms with van der Waals surface area (Å²) in [5.41, 5.74) is 3.51. The van der Waals surface area contributed by atoms with Gasteiger partial charge < -0.3 is 9.47 Å². The van der Waals surface area contributed by atoms with Crippen LogP contribution in [0.15, 0.2) is 85.1 Å². The zero-order chi connectivity index (χ0) is 22.8. The summed E-state index contributed by atoms with van der Waals surface area (Å²) in [4.78, 5) is 28.1. The van der Waals surface area contributed by atoms with Crippen molar-refractivity contribution in [1.29, 1.82) is 0 Å². The van der Waals surface area contributed by atoms with Gasteiger partial charge in [-0.05, 0) is 48.1 Å². The molecule has 1 saturated heterocycles. The van der Waals surface area contributed by atoms with Crippen molar-refractivity contribution in [1.82, 2.24) is 9.47 Å². The number of carbonyl (C=O) groups excluding carboxylic acids is 2. The molecule has 0 spiro atoms. The highest BCUT2D eigenvalue weighted by atomic mass is 19.1. The van der Waals surface area contributed by atoms with Gasteiger partial charge in [0, 0.05) is 36.7 Å². The van der Waals surface area contributed by atoms with Crippen LogP contribution in [-0.2, 0) is 11.3 Å². The van der Waals surface area contributed by atoms with Crippen LogP contribution in [0, 0.1) is 5.82 Å². The number of nitrogens with zero attached hydrogens (tertiary/aromatic N) is 2. The molecule has 1 aliphatic rings. The molecule has 0 aliphatic carbocycles. The molecule has 4 aromatic rings. The number of rotatable bonds is 5. The lowest BCUT2D eigenvalue weighted by Crippen LogP contribution is -2.41. The van der Waals surface area contributed by atoms with Gasteiger partial charge in [0.05, 0.1) is 5.56 Å². The zero-order valence-corrected chi connectivity index (χ0v) is 18.3. The van der Waals surface area contributed by atoms with Crippen LogP contribution < -0.4 is 0 Å². The Morgan fingerprint density at radius 2 is 1.52 bits per heavy atom. The van der Waals surface area contributed by atoms with Crippen molar-refractivity contribution in [2.24, 2.45) is 0 Å². The molecule has 166 valence electrons. The van der Waals surface area contributed by atoms with Crippen molar-refractivity contribution in [2.75, 3.05) is 13.1 Å². The minimum Gasteiger partial charge on any atom is -0.342 e. The van der Waals surface area contributed by atoms with E-state index in [-0.39, 0.29) is 5.82 Å². The van der Waals surface area contributed by atoms with Gasteiger partial charge in [0.1, 0.15) is 5.82 Å². The number of para-hydroxylation sites is 1. The lowest BCUT2D eigenvalue weighted by molar-refractivity contribution is -0.127. The molecule has 0 atom stereocenters. The molecular weight excluding hydrogens is 415 g/mol. The predicted octanol–water partition coefficient (Wildman–Crippen LogP) is 5.42. The van der Waals surface area contributed by atoms with Gasteiger partial charge in [0.15, 0.2) is 0 Å². The van der Waals surface area contributed by atoms with E-state index in [2.05, 4.69) is 12.1 Å². The predicted molar refractivity (Wildman–Crippen MR) is 127 cm³/mol. The molecular formula is C28H25FN2O2. The highest BCUT2D eigenvalue weighted by molar-refractivity contribution is 6.44. The van der Waals surface area contributed by atoms with E-state index < -0.39 is 11.7 Å². The number of hydrogen-bond donors (Lipinski definition) is 0. The number of piperidine rings is 1. The Balaban J connectivity index is 1.35. The molecule has 1 aromatic heterocycles. The highest BCUT2D eigenvalue weighted by Gasteiger charge is 2.30. The van der Waals surface area contributed by atoms with Crippen molar-refractivity contribution in [3.8, 4) is 0 Å². The van der Waals surface area contributed by atoms with Crippen molar-refractivity contribution in [2.45, 2.75) is 25.3 Å². The van der Waals surface area contributed by atoms with E-state index in [9.17, 15) is 14.0 Å². The van der Waals surface area contributed by atoms with Crippen LogP contribution in [0.4, 0.5) is 4.39 Å². The third-order valence-electron chi connectivity index (χ3n) is 6.55. The molecule has 0 bridgehead atoms. The summed E-state index contributed by atoms with van der Waals surface area (Å²) in [5.74, 6) is -0.773. The van der Waals surface area contributed by atoms with Crippen LogP contribution in [0.1, 0.15) is 40.2 Å². The Kier molecular flexibility index (Phi) is 5.78. The number of likely N-dealkylation sites (tertiary alicyclic amines) is 1. The Morgan fingerprint density at radius 1 is 0.848 bits per heavy atom. The summed E-state index contributed by atoms with van der Waals surface area (Å²) in [6.45, 7) is 1.65. The number of aromatic nitrogens is 1. The molecule has 2 heterocycles. The highest BCUT2D eigenvalue weighted by Crippen LogP contribution is 2.29. The van der Waals surface area contributed by atoms with Crippen molar-refractivity contribution in [3.63, 3.8) is 0 Å². The van der Waals surface area contributed by atoms with Gasteiger partial charge in [-0.15, -0.1) is 0 Å². The van der Waals surface area contributed by atoms with Crippen LogP contribution in [0.3, 0.4) is 0 Å². The van der Waals surface area contributed by atoms with Gasteiger partial charge in [-0.1, -0.05) is 60.7 Å². The SMILES string of the molecule is O=C(C(=O)N1CCC(c2ccccc2)CC1)c1cn(Cc2ccc(F)cc2)c2ccccc12. The first kappa shape index (κ1) is 21.1. The molecule has 0 N–H and O–H groups in total. The number of carbonyl (C=O) groups is 2. The van der Waals surface area contributed by atoms with Gasteiger partial charge >= 0.3 is 0 Å². The van der Waals surface area contributed by atoms with Crippen LogP contribution >= 0.6 is 0 Å². The standard InChI is InChI=1S/C28H25FN2O2/c29-23-12-10-20(11-13-23)18-31-19-25(24-8-4-5-9-26(24)31)27(32)28(33)30-16-14-22(15-17-30)21-6-2-1-3-7-21/h1-13,19,22H,14-18H2. The lowest BCUT2D eigenvalue weighted by Gasteiger charge is -2.31. The molecule has 5 heteroatoms. The third kappa shape index (κ3) is 4.31. The van der Waals surface area contributed by atoms with Crippen LogP contribution in [0.25, 0.3) is 10.9 Å². The van der Waals surface area contributed by atoms with Gasteiger partial charge in [-0.2, -0.15) is 0 Å². The fraction of sp³-hybridized carbons (Fsp3) is 0.214. The lowest BCUT2D eigenvalue weighted by atomic mass is 9.89. The first-order chi connectivity index (χ1) is 16.1. The molecule has 1 fully saturated rings. The maximum atomic E-state index is 13.3. The van der Waals surface area contributed by atoms with Gasteiger partial charge in [0.2, 0.25) is 0 Å². The molecule has 0 unspecified atom stereocenters. The molecule has 1 aliphatic heterocycles. The van der Waals surface area contributed by atoms with E-state index in [1.165, 1.54) is 17.7 Å². The van der Waals surface area contributed by atoms with E-state index >= 15 is 0 Å². The van der Waals surface area contributed by atoms with E-state index in [1.54, 1.807) is 23.2 Å². The summed E-state index contributed by atoms with van der Waals surface area (Å²) in [7, 11) is 0. The summed E-state index contributed by atoms with van der Waals surface area (Å²) >= 11 is 0. The quantitative estimate of drug-likeness (QED) is 0.307. The maximum Gasteiger partial charge on any atom is 0.295 e. The Hall–Kier alpha value is -3.73. The van der Waals surface area contributed by atoms with Crippen molar-refractivity contribution >= 4 is 22.6 Å². The zero-order valence-electron chi connectivity index (χ0n) is 18.3. The minimum absolute atomic E-state index is 0.284. The molecule has 3 aromatic carbocycles. The summed E-state index contributed by atoms with van der Waals surface area (Å²) < 4.78 is 15.2. The smallest absolute Gasteiger partial charge is 0.295 e.